The van der Waals surface area contributed by atoms with Crippen molar-refractivity contribution in [2.45, 2.75) is 0 Å². The molecule has 0 spiro atoms. The molecular formula is C53H34N2O2. The van der Waals surface area contributed by atoms with Gasteiger partial charge in [-0.05, 0) is 105 Å². The lowest BCUT2D eigenvalue weighted by molar-refractivity contribution is 0.620. The van der Waals surface area contributed by atoms with E-state index in [1.807, 2.05) is 36.4 Å². The Hall–Kier alpha value is -7.69. The van der Waals surface area contributed by atoms with E-state index in [-0.39, 0.29) is 0 Å². The van der Waals surface area contributed by atoms with Crippen molar-refractivity contribution >= 4 is 60.9 Å². The maximum absolute atomic E-state index is 6.43. The van der Waals surface area contributed by atoms with Crippen molar-refractivity contribution in [2.24, 2.45) is 0 Å². The molecule has 0 saturated carbocycles. The average Bonchev–Trinajstić information content (AvgIpc) is 3.87. The quantitative estimate of drug-likeness (QED) is 0.164. The van der Waals surface area contributed by atoms with Crippen LogP contribution in [-0.4, -0.2) is 4.98 Å². The first-order chi connectivity index (χ1) is 28.2. The van der Waals surface area contributed by atoms with Crippen LogP contribution in [0, 0.1) is 0 Å². The molecule has 0 aliphatic carbocycles. The molecule has 0 unspecified atom stereocenters. The standard InChI is InChI=1S/C53H34N2O2/c1-4-13-35(14-5-1)39-19-12-20-41(31-39)55(40-25-23-37(24-26-40)44-29-28-43(36-15-6-2-7-16-36)45-21-10-11-22-46(44)45)42-27-30-50-47(32-42)48-33-52-49(34-51(48)56-50)54-53(57-52)38-17-8-3-9-18-38/h1-34H. The van der Waals surface area contributed by atoms with Crippen molar-refractivity contribution in [3.05, 3.63) is 206 Å². The second-order valence-electron chi connectivity index (χ2n) is 14.4. The first kappa shape index (κ1) is 32.7. The third kappa shape index (κ3) is 5.83. The predicted octanol–water partition coefficient (Wildman–Crippen LogP) is 15.0. The molecule has 9 aromatic carbocycles. The van der Waals surface area contributed by atoms with Crippen molar-refractivity contribution in [2.75, 3.05) is 4.90 Å². The molecule has 0 aliphatic heterocycles. The number of nitrogens with zero attached hydrogens (tertiary/aromatic N) is 2. The van der Waals surface area contributed by atoms with Crippen LogP contribution < -0.4 is 4.90 Å². The highest BCUT2D eigenvalue weighted by atomic mass is 16.4. The Labute approximate surface area is 329 Å². The van der Waals surface area contributed by atoms with Gasteiger partial charge in [0.15, 0.2) is 5.58 Å². The molecule has 2 aromatic heterocycles. The Morgan fingerprint density at radius 2 is 0.877 bits per heavy atom. The van der Waals surface area contributed by atoms with E-state index < -0.39 is 0 Å². The van der Waals surface area contributed by atoms with Gasteiger partial charge in [0, 0.05) is 39.5 Å². The Morgan fingerprint density at radius 1 is 0.316 bits per heavy atom. The molecule has 0 radical (unpaired) electrons. The van der Waals surface area contributed by atoms with Gasteiger partial charge in [0.1, 0.15) is 16.7 Å². The molecule has 0 N–H and O–H groups in total. The minimum atomic E-state index is 0.594. The zero-order valence-corrected chi connectivity index (χ0v) is 30.8. The topological polar surface area (TPSA) is 42.4 Å². The summed E-state index contributed by atoms with van der Waals surface area (Å²) >= 11 is 0. The van der Waals surface area contributed by atoms with Crippen LogP contribution >= 0.6 is 0 Å². The Morgan fingerprint density at radius 3 is 1.58 bits per heavy atom. The van der Waals surface area contributed by atoms with Gasteiger partial charge in [-0.2, -0.15) is 0 Å². The van der Waals surface area contributed by atoms with E-state index in [1.54, 1.807) is 0 Å². The van der Waals surface area contributed by atoms with E-state index in [1.165, 1.54) is 33.0 Å². The van der Waals surface area contributed by atoms with Crippen LogP contribution in [-0.2, 0) is 0 Å². The highest BCUT2D eigenvalue weighted by Gasteiger charge is 2.19. The first-order valence-corrected chi connectivity index (χ1v) is 19.2. The van der Waals surface area contributed by atoms with E-state index >= 15 is 0 Å². The Balaban J connectivity index is 1.04. The summed E-state index contributed by atoms with van der Waals surface area (Å²) in [6, 6.07) is 72.5. The van der Waals surface area contributed by atoms with E-state index in [9.17, 15) is 0 Å². The maximum Gasteiger partial charge on any atom is 0.227 e. The van der Waals surface area contributed by atoms with Gasteiger partial charge in [-0.1, -0.05) is 140 Å². The van der Waals surface area contributed by atoms with Crippen LogP contribution in [0.1, 0.15) is 0 Å². The fourth-order valence-corrected chi connectivity index (χ4v) is 8.14. The summed E-state index contributed by atoms with van der Waals surface area (Å²) in [5.41, 5.74) is 14.3. The van der Waals surface area contributed by atoms with Crippen LogP contribution in [0.5, 0.6) is 0 Å². The summed E-state index contributed by atoms with van der Waals surface area (Å²) in [6.45, 7) is 0. The SMILES string of the molecule is c1ccc(-c2cccc(N(c3ccc(-c4ccc(-c5ccccc5)c5ccccc45)cc3)c3ccc4oc5cc6nc(-c7ccccc7)oc6cc5c4c3)c2)cc1. The highest BCUT2D eigenvalue weighted by molar-refractivity contribution is 6.10. The molecule has 0 saturated heterocycles. The number of hydrogen-bond acceptors (Lipinski definition) is 4. The lowest BCUT2D eigenvalue weighted by atomic mass is 9.92. The van der Waals surface area contributed by atoms with Crippen LogP contribution in [0.4, 0.5) is 17.1 Å². The summed E-state index contributed by atoms with van der Waals surface area (Å²) in [5.74, 6) is 0.594. The van der Waals surface area contributed by atoms with Gasteiger partial charge in [0.05, 0.1) is 0 Å². The Bertz CT molecular complexity index is 3220. The zero-order valence-electron chi connectivity index (χ0n) is 30.8. The van der Waals surface area contributed by atoms with Gasteiger partial charge in [-0.15, -0.1) is 0 Å². The monoisotopic (exact) mass is 730 g/mol. The smallest absolute Gasteiger partial charge is 0.227 e. The summed E-state index contributed by atoms with van der Waals surface area (Å²) in [5, 5.41) is 4.46. The van der Waals surface area contributed by atoms with Crippen LogP contribution in [0.2, 0.25) is 0 Å². The number of anilines is 3. The van der Waals surface area contributed by atoms with E-state index in [0.29, 0.717) is 5.89 Å². The molecule has 0 amide bonds. The number of hydrogen-bond donors (Lipinski definition) is 0. The number of benzene rings is 9. The molecular weight excluding hydrogens is 697 g/mol. The van der Waals surface area contributed by atoms with E-state index in [4.69, 9.17) is 13.8 Å². The number of rotatable bonds is 7. The van der Waals surface area contributed by atoms with Crippen LogP contribution in [0.3, 0.4) is 0 Å². The molecule has 11 rings (SSSR count). The molecule has 0 bridgehead atoms. The van der Waals surface area contributed by atoms with Gasteiger partial charge in [-0.25, -0.2) is 4.98 Å². The highest BCUT2D eigenvalue weighted by Crippen LogP contribution is 2.42. The fourth-order valence-electron chi connectivity index (χ4n) is 8.14. The van der Waals surface area contributed by atoms with E-state index in [2.05, 4.69) is 175 Å². The lowest BCUT2D eigenvalue weighted by Gasteiger charge is -2.26. The Kier molecular flexibility index (Phi) is 7.78. The first-order valence-electron chi connectivity index (χ1n) is 19.2. The van der Waals surface area contributed by atoms with Crippen molar-refractivity contribution in [3.63, 3.8) is 0 Å². The zero-order chi connectivity index (χ0) is 37.7. The number of oxazole rings is 1. The number of fused-ring (bicyclic) bond motifs is 5. The molecule has 2 heterocycles. The van der Waals surface area contributed by atoms with Gasteiger partial charge in [-0.3, -0.25) is 0 Å². The second kappa shape index (κ2) is 13.6. The molecule has 11 aromatic rings. The number of furan rings is 1. The molecule has 57 heavy (non-hydrogen) atoms. The van der Waals surface area contributed by atoms with Crippen LogP contribution in [0.15, 0.2) is 215 Å². The van der Waals surface area contributed by atoms with Gasteiger partial charge >= 0.3 is 0 Å². The minimum Gasteiger partial charge on any atom is -0.456 e. The lowest BCUT2D eigenvalue weighted by Crippen LogP contribution is -2.10. The third-order valence-electron chi connectivity index (χ3n) is 10.9. The fraction of sp³-hybridized carbons (Fsp3) is 0. The molecule has 268 valence electrons. The van der Waals surface area contributed by atoms with Crippen molar-refractivity contribution in [1.82, 2.24) is 4.98 Å². The molecule has 0 aliphatic rings. The second-order valence-corrected chi connectivity index (χ2v) is 14.4. The summed E-state index contributed by atoms with van der Waals surface area (Å²) < 4.78 is 12.7. The molecule has 0 fully saturated rings. The van der Waals surface area contributed by atoms with Crippen molar-refractivity contribution in [1.29, 1.82) is 0 Å². The molecule has 4 heteroatoms. The number of aromatic nitrogens is 1. The van der Waals surface area contributed by atoms with Crippen LogP contribution in [0.25, 0.3) is 88.6 Å². The van der Waals surface area contributed by atoms with E-state index in [0.717, 1.165) is 66.8 Å². The van der Waals surface area contributed by atoms with Gasteiger partial charge in [0.25, 0.3) is 0 Å². The normalized spacial score (nSPS) is 11.5. The van der Waals surface area contributed by atoms with Gasteiger partial charge in [0.2, 0.25) is 5.89 Å². The largest absolute Gasteiger partial charge is 0.456 e. The van der Waals surface area contributed by atoms with Crippen molar-refractivity contribution < 1.29 is 8.83 Å². The summed E-state index contributed by atoms with van der Waals surface area (Å²) in [7, 11) is 0. The predicted molar refractivity (Wildman–Crippen MR) is 235 cm³/mol. The van der Waals surface area contributed by atoms with Crippen molar-refractivity contribution in [3.8, 4) is 44.8 Å². The van der Waals surface area contributed by atoms with Gasteiger partial charge < -0.3 is 13.7 Å². The third-order valence-corrected chi connectivity index (χ3v) is 10.9. The summed E-state index contributed by atoms with van der Waals surface area (Å²) in [4.78, 5) is 7.12. The molecule has 0 atom stereocenters. The molecule has 4 nitrogen and oxygen atoms in total. The summed E-state index contributed by atoms with van der Waals surface area (Å²) in [6.07, 6.45) is 0. The maximum atomic E-state index is 6.43. The minimum absolute atomic E-state index is 0.594. The average molecular weight is 731 g/mol.